The molecule has 0 aromatic heterocycles. The first kappa shape index (κ1) is 16.2. The second-order valence-corrected chi connectivity index (χ2v) is 5.98. The number of anilines is 1. The van der Waals surface area contributed by atoms with Crippen molar-refractivity contribution in [1.29, 1.82) is 0 Å². The van der Waals surface area contributed by atoms with Crippen molar-refractivity contribution in [2.24, 2.45) is 11.0 Å². The van der Waals surface area contributed by atoms with Crippen LogP contribution in [0, 0.1) is 5.92 Å². The maximum Gasteiger partial charge on any atom is 0.257 e. The number of halogens is 1. The maximum atomic E-state index is 12.2. The normalized spacial score (nSPS) is 13.7. The van der Waals surface area contributed by atoms with Gasteiger partial charge < -0.3 is 5.32 Å². The van der Waals surface area contributed by atoms with E-state index in [1.165, 1.54) is 0 Å². The molecule has 1 aliphatic rings. The van der Waals surface area contributed by atoms with Gasteiger partial charge in [-0.1, -0.05) is 35.9 Å². The molecule has 0 radical (unpaired) electrons. The predicted octanol–water partition coefficient (Wildman–Crippen LogP) is 3.45. The molecule has 5 nitrogen and oxygen atoms in total. The molecule has 6 heteroatoms. The molecule has 2 aromatic rings. The highest BCUT2D eigenvalue weighted by Crippen LogP contribution is 2.28. The molecule has 3 rings (SSSR count). The third-order valence-electron chi connectivity index (χ3n) is 3.60. The summed E-state index contributed by atoms with van der Waals surface area (Å²) in [5.41, 5.74) is 4.31. The van der Waals surface area contributed by atoms with Crippen LogP contribution < -0.4 is 10.7 Å². The summed E-state index contributed by atoms with van der Waals surface area (Å²) >= 11 is 6.02. The molecule has 0 spiro atoms. The molecule has 24 heavy (non-hydrogen) atoms. The molecule has 1 fully saturated rings. The fraction of sp³-hybridized carbons (Fsp3) is 0.167. The molecule has 0 aliphatic heterocycles. The fourth-order valence-corrected chi connectivity index (χ4v) is 2.37. The Morgan fingerprint density at radius 2 is 1.92 bits per heavy atom. The molecule has 0 bridgehead atoms. The van der Waals surface area contributed by atoms with E-state index in [-0.39, 0.29) is 17.7 Å². The van der Waals surface area contributed by atoms with Gasteiger partial charge in [0.1, 0.15) is 0 Å². The van der Waals surface area contributed by atoms with Crippen LogP contribution in [0.15, 0.2) is 53.6 Å². The molecule has 0 heterocycles. The minimum atomic E-state index is -0.281. The first-order valence-corrected chi connectivity index (χ1v) is 8.00. The Labute approximate surface area is 144 Å². The summed E-state index contributed by atoms with van der Waals surface area (Å²) in [5.74, 6) is -0.213. The minimum Gasteiger partial charge on any atom is -0.322 e. The van der Waals surface area contributed by atoms with E-state index in [1.54, 1.807) is 48.7 Å². The van der Waals surface area contributed by atoms with Gasteiger partial charge in [-0.15, -0.1) is 0 Å². The molecule has 2 amide bonds. The lowest BCUT2D eigenvalue weighted by atomic mass is 10.2. The molecule has 1 saturated carbocycles. The second kappa shape index (κ2) is 7.27. The highest BCUT2D eigenvalue weighted by Gasteiger charge is 2.29. The smallest absolute Gasteiger partial charge is 0.257 e. The van der Waals surface area contributed by atoms with Crippen LogP contribution in [-0.2, 0) is 4.79 Å². The van der Waals surface area contributed by atoms with Gasteiger partial charge in [0.15, 0.2) is 0 Å². The first-order chi connectivity index (χ1) is 11.6. The monoisotopic (exact) mass is 341 g/mol. The quantitative estimate of drug-likeness (QED) is 0.646. The number of benzene rings is 2. The average Bonchev–Trinajstić information content (AvgIpc) is 3.40. The molecule has 2 N–H and O–H groups in total. The number of rotatable bonds is 5. The number of hydrogen-bond acceptors (Lipinski definition) is 3. The molecular weight excluding hydrogens is 326 g/mol. The topological polar surface area (TPSA) is 70.6 Å². The highest BCUT2D eigenvalue weighted by atomic mass is 35.5. The molecule has 1 aliphatic carbocycles. The van der Waals surface area contributed by atoms with Crippen LogP contribution in [0.2, 0.25) is 5.02 Å². The van der Waals surface area contributed by atoms with Crippen molar-refractivity contribution in [3.8, 4) is 0 Å². The molecule has 2 aromatic carbocycles. The number of nitrogens with zero attached hydrogens (tertiary/aromatic N) is 1. The summed E-state index contributed by atoms with van der Waals surface area (Å²) < 4.78 is 0. The Hall–Kier alpha value is -2.66. The van der Waals surface area contributed by atoms with Crippen LogP contribution >= 0.6 is 11.6 Å². The van der Waals surface area contributed by atoms with Crippen molar-refractivity contribution in [3.63, 3.8) is 0 Å². The van der Waals surface area contributed by atoms with Crippen LogP contribution in [0.4, 0.5) is 5.69 Å². The van der Waals surface area contributed by atoms with E-state index < -0.39 is 0 Å². The van der Waals surface area contributed by atoms with E-state index >= 15 is 0 Å². The Balaban J connectivity index is 1.64. The third kappa shape index (κ3) is 4.20. The Bertz CT molecular complexity index is 800. The van der Waals surface area contributed by atoms with Crippen molar-refractivity contribution in [2.45, 2.75) is 12.8 Å². The Morgan fingerprint density at radius 1 is 1.12 bits per heavy atom. The fourth-order valence-electron chi connectivity index (χ4n) is 2.15. The zero-order chi connectivity index (χ0) is 16.9. The molecule has 0 atom stereocenters. The molecule has 0 saturated heterocycles. The zero-order valence-electron chi connectivity index (χ0n) is 12.8. The summed E-state index contributed by atoms with van der Waals surface area (Å²) in [6.07, 6.45) is 3.42. The van der Waals surface area contributed by atoms with Crippen LogP contribution in [0.1, 0.15) is 28.8 Å². The Kier molecular flexibility index (Phi) is 4.91. The number of amides is 2. The van der Waals surface area contributed by atoms with E-state index in [0.29, 0.717) is 16.3 Å². The zero-order valence-corrected chi connectivity index (χ0v) is 13.6. The number of hydrogen-bond donors (Lipinski definition) is 2. The van der Waals surface area contributed by atoms with Gasteiger partial charge in [0.05, 0.1) is 16.8 Å². The number of carbonyl (C=O) groups excluding carboxylic acids is 2. The number of carbonyl (C=O) groups is 2. The van der Waals surface area contributed by atoms with E-state index in [9.17, 15) is 9.59 Å². The van der Waals surface area contributed by atoms with Crippen molar-refractivity contribution in [1.82, 2.24) is 5.43 Å². The largest absolute Gasteiger partial charge is 0.322 e. The van der Waals surface area contributed by atoms with Crippen LogP contribution in [0.3, 0.4) is 0 Å². The van der Waals surface area contributed by atoms with Gasteiger partial charge in [-0.25, -0.2) is 5.43 Å². The van der Waals surface area contributed by atoms with Crippen molar-refractivity contribution >= 4 is 35.3 Å². The van der Waals surface area contributed by atoms with Crippen LogP contribution in [-0.4, -0.2) is 18.0 Å². The van der Waals surface area contributed by atoms with Gasteiger partial charge in [-0.3, -0.25) is 9.59 Å². The van der Waals surface area contributed by atoms with E-state index in [0.717, 1.165) is 18.4 Å². The standard InChI is InChI=1S/C18H16ClN3O2/c19-16-7-2-1-6-15(16)18(24)21-14-5-3-4-12(10-14)11-20-22-17(23)13-8-9-13/h1-7,10-11,13H,8-9H2,(H,21,24)(H,22,23)/b20-11+. The highest BCUT2D eigenvalue weighted by molar-refractivity contribution is 6.34. The lowest BCUT2D eigenvalue weighted by Crippen LogP contribution is -2.19. The van der Waals surface area contributed by atoms with Crippen LogP contribution in [0.25, 0.3) is 0 Å². The van der Waals surface area contributed by atoms with E-state index in [4.69, 9.17) is 11.6 Å². The maximum absolute atomic E-state index is 12.2. The molecule has 0 unspecified atom stereocenters. The van der Waals surface area contributed by atoms with Crippen molar-refractivity contribution < 1.29 is 9.59 Å². The number of nitrogens with one attached hydrogen (secondary N) is 2. The van der Waals surface area contributed by atoms with Gasteiger partial charge in [-0.05, 0) is 42.7 Å². The SMILES string of the molecule is O=C(Nc1cccc(/C=N/NC(=O)C2CC2)c1)c1ccccc1Cl. The summed E-state index contributed by atoms with van der Waals surface area (Å²) in [7, 11) is 0. The van der Waals surface area contributed by atoms with Gasteiger partial charge >= 0.3 is 0 Å². The lowest BCUT2D eigenvalue weighted by molar-refractivity contribution is -0.122. The first-order valence-electron chi connectivity index (χ1n) is 7.62. The molecular formula is C18H16ClN3O2. The van der Waals surface area contributed by atoms with Gasteiger partial charge in [0.25, 0.3) is 5.91 Å². The Morgan fingerprint density at radius 3 is 2.67 bits per heavy atom. The second-order valence-electron chi connectivity index (χ2n) is 5.57. The summed E-state index contributed by atoms with van der Waals surface area (Å²) in [6, 6.07) is 14.0. The van der Waals surface area contributed by atoms with Gasteiger partial charge in [0.2, 0.25) is 5.91 Å². The van der Waals surface area contributed by atoms with Gasteiger partial charge in [-0.2, -0.15) is 5.10 Å². The third-order valence-corrected chi connectivity index (χ3v) is 3.93. The summed E-state index contributed by atoms with van der Waals surface area (Å²) in [4.78, 5) is 23.7. The van der Waals surface area contributed by atoms with Crippen molar-refractivity contribution in [3.05, 3.63) is 64.7 Å². The van der Waals surface area contributed by atoms with Gasteiger partial charge in [0, 0.05) is 11.6 Å². The van der Waals surface area contributed by atoms with Crippen molar-refractivity contribution in [2.75, 3.05) is 5.32 Å². The predicted molar refractivity (Wildman–Crippen MR) is 94.3 cm³/mol. The van der Waals surface area contributed by atoms with E-state index in [2.05, 4.69) is 15.8 Å². The summed E-state index contributed by atoms with van der Waals surface area (Å²) in [6.45, 7) is 0. The lowest BCUT2D eigenvalue weighted by Gasteiger charge is -2.07. The molecule has 122 valence electrons. The number of hydrazone groups is 1. The minimum absolute atomic E-state index is 0.0468. The van der Waals surface area contributed by atoms with E-state index in [1.807, 2.05) is 6.07 Å². The average molecular weight is 342 g/mol. The van der Waals surface area contributed by atoms with Crippen LogP contribution in [0.5, 0.6) is 0 Å². The summed E-state index contributed by atoms with van der Waals surface area (Å²) in [5, 5.41) is 7.13.